The third-order valence-corrected chi connectivity index (χ3v) is 4.61. The molecule has 5 nitrogen and oxygen atoms in total. The molecular weight excluding hydrogens is 397 g/mol. The van der Waals surface area contributed by atoms with Crippen LogP contribution in [0.25, 0.3) is 10.9 Å². The van der Waals surface area contributed by atoms with E-state index in [-0.39, 0.29) is 5.56 Å². The number of ether oxygens (including phenoxy) is 1. The fourth-order valence-electron chi connectivity index (χ4n) is 3.20. The van der Waals surface area contributed by atoms with Gasteiger partial charge in [-0.25, -0.2) is 4.79 Å². The molecule has 1 N–H and O–H groups in total. The van der Waals surface area contributed by atoms with Gasteiger partial charge in [0.25, 0.3) is 5.91 Å². The normalized spacial score (nSPS) is 11.4. The molecule has 0 aliphatic heterocycles. The van der Waals surface area contributed by atoms with Gasteiger partial charge in [0.2, 0.25) is 0 Å². The van der Waals surface area contributed by atoms with Crippen molar-refractivity contribution in [2.75, 3.05) is 11.9 Å². The molecule has 0 bridgehead atoms. The zero-order valence-corrected chi connectivity index (χ0v) is 16.3. The molecule has 8 heteroatoms. The highest BCUT2D eigenvalue weighted by molar-refractivity contribution is 6.00. The lowest BCUT2D eigenvalue weighted by atomic mass is 10.0. The zero-order valence-electron chi connectivity index (χ0n) is 16.3. The van der Waals surface area contributed by atoms with Crippen LogP contribution >= 0.6 is 0 Å². The Hall–Kier alpha value is -3.42. The minimum Gasteiger partial charge on any atom is -0.452 e. The molecular formula is C22H19F3N2O3. The average molecular weight is 416 g/mol. The van der Waals surface area contributed by atoms with Crippen LogP contribution in [0.1, 0.15) is 34.1 Å². The van der Waals surface area contributed by atoms with E-state index in [1.54, 1.807) is 6.92 Å². The number of rotatable bonds is 5. The van der Waals surface area contributed by atoms with E-state index >= 15 is 0 Å². The van der Waals surface area contributed by atoms with Crippen molar-refractivity contribution >= 4 is 28.5 Å². The standard InChI is InChI=1S/C22H19F3N2O3/c1-3-16-20(13(2)14-8-4-6-10-17(14)26-16)21(29)30-12-19(28)27-18-11-7-5-9-15(18)22(23,24)25/h4-11H,3,12H2,1-2H3,(H,27,28). The number of aryl methyl sites for hydroxylation is 2. The van der Waals surface area contributed by atoms with Gasteiger partial charge in [0.15, 0.2) is 6.61 Å². The van der Waals surface area contributed by atoms with Crippen molar-refractivity contribution in [3.8, 4) is 0 Å². The SMILES string of the molecule is CCc1nc2ccccc2c(C)c1C(=O)OCC(=O)Nc1ccccc1C(F)(F)F. The van der Waals surface area contributed by atoms with E-state index < -0.39 is 35.9 Å². The van der Waals surface area contributed by atoms with Crippen LogP contribution in [0, 0.1) is 6.92 Å². The minimum atomic E-state index is -4.62. The fraction of sp³-hybridized carbons (Fsp3) is 0.227. The maximum absolute atomic E-state index is 13.0. The van der Waals surface area contributed by atoms with Crippen molar-refractivity contribution in [2.24, 2.45) is 0 Å². The number of aromatic nitrogens is 1. The second-order valence-electron chi connectivity index (χ2n) is 6.60. The number of hydrogen-bond acceptors (Lipinski definition) is 4. The number of carbonyl (C=O) groups excluding carboxylic acids is 2. The van der Waals surface area contributed by atoms with Crippen molar-refractivity contribution in [1.29, 1.82) is 0 Å². The monoisotopic (exact) mass is 416 g/mol. The second kappa shape index (κ2) is 8.52. The number of carbonyl (C=O) groups is 2. The Bertz CT molecular complexity index is 1110. The molecule has 0 aliphatic carbocycles. The van der Waals surface area contributed by atoms with Gasteiger partial charge >= 0.3 is 12.1 Å². The van der Waals surface area contributed by atoms with Crippen molar-refractivity contribution in [3.05, 3.63) is 70.9 Å². The summed E-state index contributed by atoms with van der Waals surface area (Å²) in [6.45, 7) is 2.88. The minimum absolute atomic E-state index is 0.264. The number of benzene rings is 2. The predicted octanol–water partition coefficient (Wildman–Crippen LogP) is 4.92. The molecule has 0 aliphatic rings. The Morgan fingerprint density at radius 1 is 1.07 bits per heavy atom. The molecule has 0 saturated carbocycles. The number of fused-ring (bicyclic) bond motifs is 1. The second-order valence-corrected chi connectivity index (χ2v) is 6.60. The van der Waals surface area contributed by atoms with Gasteiger partial charge in [0.1, 0.15) is 0 Å². The van der Waals surface area contributed by atoms with Crippen LogP contribution in [0.15, 0.2) is 48.5 Å². The topological polar surface area (TPSA) is 68.3 Å². The highest BCUT2D eigenvalue weighted by atomic mass is 19.4. The zero-order chi connectivity index (χ0) is 21.9. The molecule has 1 amide bonds. The number of hydrogen-bond donors (Lipinski definition) is 1. The highest BCUT2D eigenvalue weighted by Crippen LogP contribution is 2.34. The van der Waals surface area contributed by atoms with Gasteiger partial charge in [0, 0.05) is 5.39 Å². The number of para-hydroxylation sites is 2. The van der Waals surface area contributed by atoms with Gasteiger partial charge < -0.3 is 10.1 Å². The highest BCUT2D eigenvalue weighted by Gasteiger charge is 2.33. The van der Waals surface area contributed by atoms with Crippen LogP contribution in [0.4, 0.5) is 18.9 Å². The molecule has 3 aromatic rings. The molecule has 1 aromatic heterocycles. The van der Waals surface area contributed by atoms with Gasteiger partial charge in [-0.15, -0.1) is 0 Å². The van der Waals surface area contributed by atoms with E-state index in [1.165, 1.54) is 12.1 Å². The molecule has 2 aromatic carbocycles. The Morgan fingerprint density at radius 3 is 2.43 bits per heavy atom. The summed E-state index contributed by atoms with van der Waals surface area (Å²) in [5, 5.41) is 2.93. The molecule has 156 valence electrons. The van der Waals surface area contributed by atoms with Crippen molar-refractivity contribution in [3.63, 3.8) is 0 Å². The molecule has 0 saturated heterocycles. The summed E-state index contributed by atoms with van der Waals surface area (Å²) >= 11 is 0. The summed E-state index contributed by atoms with van der Waals surface area (Å²) in [5.41, 5.74) is 0.824. The molecule has 0 radical (unpaired) electrons. The number of nitrogens with zero attached hydrogens (tertiary/aromatic N) is 1. The predicted molar refractivity (Wildman–Crippen MR) is 106 cm³/mol. The Balaban J connectivity index is 1.77. The van der Waals surface area contributed by atoms with E-state index in [0.717, 1.165) is 23.0 Å². The molecule has 0 fully saturated rings. The van der Waals surface area contributed by atoms with Gasteiger partial charge in [-0.2, -0.15) is 13.2 Å². The third-order valence-electron chi connectivity index (χ3n) is 4.61. The number of anilines is 1. The van der Waals surface area contributed by atoms with Crippen LogP contribution in [-0.4, -0.2) is 23.5 Å². The van der Waals surface area contributed by atoms with E-state index in [2.05, 4.69) is 10.3 Å². The van der Waals surface area contributed by atoms with E-state index in [9.17, 15) is 22.8 Å². The lowest BCUT2D eigenvalue weighted by Crippen LogP contribution is -2.23. The third kappa shape index (κ3) is 4.42. The lowest BCUT2D eigenvalue weighted by molar-refractivity contribution is -0.137. The van der Waals surface area contributed by atoms with Crippen molar-refractivity contribution in [1.82, 2.24) is 4.98 Å². The number of nitrogens with one attached hydrogen (secondary N) is 1. The summed E-state index contributed by atoms with van der Waals surface area (Å²) in [6.07, 6.45) is -4.15. The Labute approximate surface area is 170 Å². The van der Waals surface area contributed by atoms with E-state index in [0.29, 0.717) is 17.7 Å². The Kier molecular flexibility index (Phi) is 6.05. The first kappa shape index (κ1) is 21.3. The summed E-state index contributed by atoms with van der Waals surface area (Å²) in [6, 6.07) is 11.9. The maximum Gasteiger partial charge on any atom is 0.418 e. The number of alkyl halides is 3. The average Bonchev–Trinajstić information content (AvgIpc) is 2.71. The van der Waals surface area contributed by atoms with Gasteiger partial charge in [0.05, 0.1) is 28.0 Å². The van der Waals surface area contributed by atoms with E-state index in [4.69, 9.17) is 4.74 Å². The largest absolute Gasteiger partial charge is 0.452 e. The maximum atomic E-state index is 13.0. The van der Waals surface area contributed by atoms with E-state index in [1.807, 2.05) is 31.2 Å². The van der Waals surface area contributed by atoms with Crippen molar-refractivity contribution < 1.29 is 27.5 Å². The summed E-state index contributed by atoms with van der Waals surface area (Å²) in [7, 11) is 0. The first-order valence-corrected chi connectivity index (χ1v) is 9.23. The lowest BCUT2D eigenvalue weighted by Gasteiger charge is -2.15. The van der Waals surface area contributed by atoms with Crippen LogP contribution in [0.3, 0.4) is 0 Å². The molecule has 1 heterocycles. The molecule has 0 unspecified atom stereocenters. The summed E-state index contributed by atoms with van der Waals surface area (Å²) in [5.74, 6) is -1.62. The quantitative estimate of drug-likeness (QED) is 0.600. The van der Waals surface area contributed by atoms with Gasteiger partial charge in [-0.05, 0) is 37.1 Å². The van der Waals surface area contributed by atoms with Gasteiger partial charge in [-0.3, -0.25) is 9.78 Å². The molecule has 3 rings (SSSR count). The van der Waals surface area contributed by atoms with Crippen LogP contribution in [-0.2, 0) is 22.1 Å². The summed E-state index contributed by atoms with van der Waals surface area (Å²) in [4.78, 5) is 29.2. The number of halogens is 3. The first-order chi connectivity index (χ1) is 14.2. The smallest absolute Gasteiger partial charge is 0.418 e. The number of pyridine rings is 1. The first-order valence-electron chi connectivity index (χ1n) is 9.23. The fourth-order valence-corrected chi connectivity index (χ4v) is 3.20. The Morgan fingerprint density at radius 2 is 1.73 bits per heavy atom. The number of amides is 1. The van der Waals surface area contributed by atoms with Gasteiger partial charge in [-0.1, -0.05) is 37.3 Å². The molecule has 0 spiro atoms. The van der Waals surface area contributed by atoms with Crippen LogP contribution in [0.5, 0.6) is 0 Å². The molecule has 0 atom stereocenters. The number of esters is 1. The molecule has 30 heavy (non-hydrogen) atoms. The van der Waals surface area contributed by atoms with Crippen molar-refractivity contribution in [2.45, 2.75) is 26.4 Å². The van der Waals surface area contributed by atoms with Crippen LogP contribution in [0.2, 0.25) is 0 Å². The summed E-state index contributed by atoms with van der Waals surface area (Å²) < 4.78 is 44.2. The van der Waals surface area contributed by atoms with Crippen LogP contribution < -0.4 is 5.32 Å².